The molecule has 3 aromatic carbocycles. The van der Waals surface area contributed by atoms with E-state index in [0.29, 0.717) is 15.6 Å². The summed E-state index contributed by atoms with van der Waals surface area (Å²) >= 11 is 12.9. The molecule has 0 saturated carbocycles. The van der Waals surface area contributed by atoms with Gasteiger partial charge in [0.25, 0.3) is 5.91 Å². The van der Waals surface area contributed by atoms with Gasteiger partial charge in [-0.2, -0.15) is 0 Å². The predicted molar refractivity (Wildman–Crippen MR) is 149 cm³/mol. The summed E-state index contributed by atoms with van der Waals surface area (Å²) in [6.45, 7) is 3.16. The minimum absolute atomic E-state index is 0.0112. The van der Waals surface area contributed by atoms with E-state index in [4.69, 9.17) is 32.7 Å². The van der Waals surface area contributed by atoms with E-state index < -0.39 is 23.5 Å². The van der Waals surface area contributed by atoms with Crippen LogP contribution < -0.4 is 14.8 Å². The summed E-state index contributed by atoms with van der Waals surface area (Å²) in [6.07, 6.45) is 0.235. The molecule has 39 heavy (non-hydrogen) atoms. The first-order chi connectivity index (χ1) is 18.6. The summed E-state index contributed by atoms with van der Waals surface area (Å²) in [7, 11) is 1.30. The molecule has 1 atom stereocenters. The highest BCUT2D eigenvalue weighted by atomic mass is 35.5. The molecular weight excluding hydrogens is 545 g/mol. The number of benzene rings is 3. The minimum Gasteiger partial charge on any atom is -0.490 e. The largest absolute Gasteiger partial charge is 0.490 e. The minimum atomic E-state index is -0.912. The molecule has 0 fully saturated rings. The van der Waals surface area contributed by atoms with E-state index in [2.05, 4.69) is 5.32 Å². The smallest absolute Gasteiger partial charge is 0.311 e. The maximum atomic E-state index is 13.7. The van der Waals surface area contributed by atoms with Gasteiger partial charge in [-0.25, -0.2) is 0 Å². The highest BCUT2D eigenvalue weighted by molar-refractivity contribution is 6.36. The number of halogens is 2. The number of nitro benzene ring substituents is 1. The third-order valence-corrected chi connectivity index (χ3v) is 6.51. The molecule has 3 rings (SSSR count). The molecule has 3 aromatic rings. The summed E-state index contributed by atoms with van der Waals surface area (Å²) in [6, 6.07) is 17.2. The van der Waals surface area contributed by atoms with Crippen molar-refractivity contribution >= 4 is 40.7 Å². The van der Waals surface area contributed by atoms with Crippen molar-refractivity contribution in [1.82, 2.24) is 10.2 Å². The Bertz CT molecular complexity index is 1300. The molecule has 0 aliphatic heterocycles. The second-order valence-electron chi connectivity index (χ2n) is 8.97. The van der Waals surface area contributed by atoms with Crippen LogP contribution in [0.3, 0.4) is 0 Å². The third-order valence-electron chi connectivity index (χ3n) is 5.80. The quantitative estimate of drug-likeness (QED) is 0.227. The van der Waals surface area contributed by atoms with Crippen LogP contribution in [-0.4, -0.2) is 47.4 Å². The Kier molecular flexibility index (Phi) is 10.5. The molecule has 0 aromatic heterocycles. The Hall–Kier alpha value is -3.82. The zero-order valence-corrected chi connectivity index (χ0v) is 23.2. The number of nitrogens with zero attached hydrogens (tertiary/aromatic N) is 2. The summed E-state index contributed by atoms with van der Waals surface area (Å²) in [5.41, 5.74) is 1.10. The molecule has 0 saturated heterocycles. The number of carbonyl (C=O) groups excluding carboxylic acids is 2. The molecule has 11 heteroatoms. The molecule has 0 radical (unpaired) electrons. The van der Waals surface area contributed by atoms with Gasteiger partial charge in [0.05, 0.1) is 12.0 Å². The fourth-order valence-corrected chi connectivity index (χ4v) is 4.43. The lowest BCUT2D eigenvalue weighted by molar-refractivity contribution is -0.385. The second-order valence-corrected chi connectivity index (χ2v) is 9.78. The van der Waals surface area contributed by atoms with E-state index in [0.717, 1.165) is 5.56 Å². The molecule has 0 unspecified atom stereocenters. The van der Waals surface area contributed by atoms with Crippen molar-refractivity contribution in [2.75, 3.05) is 13.7 Å². The fourth-order valence-electron chi connectivity index (χ4n) is 3.91. The van der Waals surface area contributed by atoms with Gasteiger partial charge in [0.2, 0.25) is 11.7 Å². The average Bonchev–Trinajstić information content (AvgIpc) is 2.90. The van der Waals surface area contributed by atoms with E-state index in [1.54, 1.807) is 18.2 Å². The van der Waals surface area contributed by atoms with Crippen molar-refractivity contribution in [2.24, 2.45) is 0 Å². The Labute approximate surface area is 236 Å². The van der Waals surface area contributed by atoms with Gasteiger partial charge >= 0.3 is 5.69 Å². The van der Waals surface area contributed by atoms with Gasteiger partial charge in [0.15, 0.2) is 6.61 Å². The summed E-state index contributed by atoms with van der Waals surface area (Å²) < 4.78 is 10.8. The number of hydrogen-bond acceptors (Lipinski definition) is 6. The van der Waals surface area contributed by atoms with E-state index >= 15 is 0 Å². The van der Waals surface area contributed by atoms with Crippen molar-refractivity contribution in [2.45, 2.75) is 38.9 Å². The number of nitrogens with one attached hydrogen (secondary N) is 1. The van der Waals surface area contributed by atoms with Crippen LogP contribution in [0.5, 0.6) is 11.5 Å². The molecule has 0 heterocycles. The standard InChI is InChI=1S/C28H29Cl2N3O6/c1-18(2)31-28(35)25(14-19-8-5-4-6-9-19)32(16-21-22(29)10-7-11-23(21)30)27(34)17-39-20-12-13-24(33(36)37)26(15-20)38-3/h4-13,15,18,25H,14,16-17H2,1-3H3,(H,31,35)/t25-/m0/s1. The number of nitro groups is 1. The molecule has 0 spiro atoms. The summed E-state index contributed by atoms with van der Waals surface area (Å²) in [5, 5.41) is 14.8. The van der Waals surface area contributed by atoms with Crippen molar-refractivity contribution in [3.63, 3.8) is 0 Å². The van der Waals surface area contributed by atoms with Crippen molar-refractivity contribution in [3.05, 3.63) is 98.0 Å². The molecular formula is C28H29Cl2N3O6. The van der Waals surface area contributed by atoms with Gasteiger partial charge in [-0.05, 0) is 37.6 Å². The molecule has 9 nitrogen and oxygen atoms in total. The van der Waals surface area contributed by atoms with Crippen LogP contribution in [0.1, 0.15) is 25.0 Å². The normalized spacial score (nSPS) is 11.5. The highest BCUT2D eigenvalue weighted by Gasteiger charge is 2.32. The number of carbonyl (C=O) groups is 2. The Morgan fingerprint density at radius 3 is 2.28 bits per heavy atom. The number of hydrogen-bond donors (Lipinski definition) is 1. The van der Waals surface area contributed by atoms with Gasteiger partial charge in [-0.3, -0.25) is 19.7 Å². The lowest BCUT2D eigenvalue weighted by Crippen LogP contribution is -2.52. The highest BCUT2D eigenvalue weighted by Crippen LogP contribution is 2.31. The summed E-state index contributed by atoms with van der Waals surface area (Å²) in [4.78, 5) is 39.1. The maximum absolute atomic E-state index is 13.7. The molecule has 0 aliphatic carbocycles. The van der Waals surface area contributed by atoms with Crippen LogP contribution in [0, 0.1) is 10.1 Å². The Morgan fingerprint density at radius 2 is 1.69 bits per heavy atom. The van der Waals surface area contributed by atoms with E-state index in [1.807, 2.05) is 44.2 Å². The van der Waals surface area contributed by atoms with E-state index in [1.165, 1.54) is 30.2 Å². The van der Waals surface area contributed by atoms with Crippen molar-refractivity contribution < 1.29 is 24.0 Å². The van der Waals surface area contributed by atoms with Gasteiger partial charge < -0.3 is 19.7 Å². The molecule has 0 bridgehead atoms. The van der Waals surface area contributed by atoms with Crippen molar-refractivity contribution in [1.29, 1.82) is 0 Å². The number of amides is 2. The van der Waals surface area contributed by atoms with Crippen LogP contribution in [-0.2, 0) is 22.6 Å². The van der Waals surface area contributed by atoms with Gasteiger partial charge in [-0.15, -0.1) is 0 Å². The monoisotopic (exact) mass is 573 g/mol. The number of ether oxygens (including phenoxy) is 2. The van der Waals surface area contributed by atoms with E-state index in [9.17, 15) is 19.7 Å². The van der Waals surface area contributed by atoms with Crippen LogP contribution in [0.2, 0.25) is 10.0 Å². The topological polar surface area (TPSA) is 111 Å². The Morgan fingerprint density at radius 1 is 1.03 bits per heavy atom. The van der Waals surface area contributed by atoms with Crippen molar-refractivity contribution in [3.8, 4) is 11.5 Å². The SMILES string of the molecule is COc1cc(OCC(=O)N(Cc2c(Cl)cccc2Cl)[C@@H](Cc2ccccc2)C(=O)NC(C)C)ccc1[N+](=O)[O-]. The first-order valence-electron chi connectivity index (χ1n) is 12.1. The first-order valence-corrected chi connectivity index (χ1v) is 12.9. The average molecular weight is 574 g/mol. The van der Waals surface area contributed by atoms with Crippen LogP contribution in [0.15, 0.2) is 66.7 Å². The predicted octanol–water partition coefficient (Wildman–Crippen LogP) is 5.45. The van der Waals surface area contributed by atoms with E-state index in [-0.39, 0.29) is 42.1 Å². The first kappa shape index (κ1) is 29.7. The zero-order chi connectivity index (χ0) is 28.5. The number of rotatable bonds is 12. The lowest BCUT2D eigenvalue weighted by atomic mass is 10.0. The lowest BCUT2D eigenvalue weighted by Gasteiger charge is -2.32. The Balaban J connectivity index is 1.96. The van der Waals surface area contributed by atoms with Gasteiger partial charge in [0, 0.05) is 46.7 Å². The molecule has 1 N–H and O–H groups in total. The molecule has 2 amide bonds. The van der Waals surface area contributed by atoms with Gasteiger partial charge in [-0.1, -0.05) is 59.6 Å². The third kappa shape index (κ3) is 8.08. The molecule has 206 valence electrons. The molecule has 0 aliphatic rings. The van der Waals surface area contributed by atoms with Crippen LogP contribution in [0.25, 0.3) is 0 Å². The number of methoxy groups -OCH3 is 1. The second kappa shape index (κ2) is 13.8. The zero-order valence-electron chi connectivity index (χ0n) is 21.7. The fraction of sp³-hybridized carbons (Fsp3) is 0.286. The van der Waals surface area contributed by atoms with Gasteiger partial charge in [0.1, 0.15) is 11.8 Å². The van der Waals surface area contributed by atoms with Crippen LogP contribution in [0.4, 0.5) is 5.69 Å². The summed E-state index contributed by atoms with van der Waals surface area (Å²) in [5.74, 6) is -0.679. The maximum Gasteiger partial charge on any atom is 0.311 e. The van der Waals surface area contributed by atoms with Crippen LogP contribution >= 0.6 is 23.2 Å².